The standard InChI is InChI=1S/C29H30FN5O4S/c1-16(22-11-12-23(40-22)26(31)32)34-28(38)21-13-29(2)14-24(29)35(21)25(36)15-33-27(37)17-3-7-19(8-4-17)39-20-9-5-18(30)6-10-20/h3-12,16,21,24H,13-15H2,1-2H3,(H3,31,32)(H,33,37)(H,34,38)/t16-,21+,24+,29-/m1/s1. The van der Waals surface area contributed by atoms with Crippen LogP contribution in [0.3, 0.4) is 0 Å². The summed E-state index contributed by atoms with van der Waals surface area (Å²) in [4.78, 5) is 42.3. The number of hydrogen-bond acceptors (Lipinski definition) is 6. The minimum atomic E-state index is -0.620. The summed E-state index contributed by atoms with van der Waals surface area (Å²) in [5.74, 6) is -0.412. The molecule has 2 heterocycles. The van der Waals surface area contributed by atoms with Gasteiger partial charge < -0.3 is 26.0 Å². The Morgan fingerprint density at radius 1 is 1.10 bits per heavy atom. The van der Waals surface area contributed by atoms with Gasteiger partial charge in [0.1, 0.15) is 29.2 Å². The maximum Gasteiger partial charge on any atom is 0.251 e. The van der Waals surface area contributed by atoms with Crippen LogP contribution < -0.4 is 21.1 Å². The van der Waals surface area contributed by atoms with Gasteiger partial charge in [-0.3, -0.25) is 19.8 Å². The van der Waals surface area contributed by atoms with Crippen LogP contribution in [-0.4, -0.2) is 47.1 Å². The van der Waals surface area contributed by atoms with Crippen molar-refractivity contribution in [3.05, 3.63) is 81.8 Å². The van der Waals surface area contributed by atoms with Crippen molar-refractivity contribution in [2.45, 2.75) is 44.8 Å². The number of fused-ring (bicyclic) bond motifs is 1. The molecule has 5 N–H and O–H groups in total. The number of nitrogens with one attached hydrogen (secondary N) is 3. The van der Waals surface area contributed by atoms with Crippen molar-refractivity contribution in [2.24, 2.45) is 11.1 Å². The first-order valence-corrected chi connectivity index (χ1v) is 13.7. The van der Waals surface area contributed by atoms with E-state index in [1.165, 1.54) is 35.6 Å². The highest BCUT2D eigenvalue weighted by Gasteiger charge is 2.64. The lowest BCUT2D eigenvalue weighted by Crippen LogP contribution is -2.51. The van der Waals surface area contributed by atoms with E-state index in [1.807, 2.05) is 13.0 Å². The van der Waals surface area contributed by atoms with Gasteiger partial charge in [-0.15, -0.1) is 11.3 Å². The number of rotatable bonds is 9. The topological polar surface area (TPSA) is 138 Å². The Hall–Kier alpha value is -4.25. The highest BCUT2D eigenvalue weighted by atomic mass is 32.1. The van der Waals surface area contributed by atoms with Crippen LogP contribution in [0.4, 0.5) is 4.39 Å². The highest BCUT2D eigenvalue weighted by molar-refractivity contribution is 7.14. The number of halogens is 1. The lowest BCUT2D eigenvalue weighted by atomic mass is 10.0. The zero-order chi connectivity index (χ0) is 28.6. The lowest BCUT2D eigenvalue weighted by molar-refractivity contribution is -0.139. The predicted octanol–water partition coefficient (Wildman–Crippen LogP) is 3.95. The van der Waals surface area contributed by atoms with Crippen LogP contribution in [0.15, 0.2) is 60.7 Å². The molecule has 3 amide bonds. The first-order chi connectivity index (χ1) is 19.0. The number of nitrogens with two attached hydrogens (primary N) is 1. The molecular formula is C29H30FN5O4S. The first-order valence-electron chi connectivity index (χ1n) is 12.9. The highest BCUT2D eigenvalue weighted by Crippen LogP contribution is 2.59. The molecule has 0 unspecified atom stereocenters. The number of nitrogens with zero attached hydrogens (tertiary/aromatic N) is 1. The number of carbonyl (C=O) groups excluding carboxylic acids is 3. The van der Waals surface area contributed by atoms with E-state index in [-0.39, 0.29) is 47.5 Å². The van der Waals surface area contributed by atoms with Crippen LogP contribution in [-0.2, 0) is 9.59 Å². The number of nitrogen functional groups attached to an aromatic ring is 1. The minimum Gasteiger partial charge on any atom is -0.457 e. The van der Waals surface area contributed by atoms with Crippen molar-refractivity contribution >= 4 is 34.9 Å². The molecule has 2 aromatic carbocycles. The number of amidine groups is 1. The molecule has 1 saturated carbocycles. The van der Waals surface area contributed by atoms with Gasteiger partial charge in [-0.1, -0.05) is 6.92 Å². The van der Waals surface area contributed by atoms with Crippen molar-refractivity contribution in [1.82, 2.24) is 15.5 Å². The molecule has 1 aliphatic heterocycles. The Balaban J connectivity index is 1.17. The normalized spacial score (nSPS) is 21.7. The Kier molecular flexibility index (Phi) is 7.33. The van der Waals surface area contributed by atoms with Crippen LogP contribution in [0, 0.1) is 16.6 Å². The molecule has 1 aliphatic carbocycles. The van der Waals surface area contributed by atoms with E-state index in [9.17, 15) is 18.8 Å². The molecule has 0 radical (unpaired) electrons. The van der Waals surface area contributed by atoms with Crippen molar-refractivity contribution < 1.29 is 23.5 Å². The molecule has 208 valence electrons. The number of hydrogen-bond donors (Lipinski definition) is 4. The van der Waals surface area contributed by atoms with Crippen molar-refractivity contribution in [1.29, 1.82) is 5.41 Å². The summed E-state index contributed by atoms with van der Waals surface area (Å²) in [6.45, 7) is 3.69. The minimum absolute atomic E-state index is 0.0216. The van der Waals surface area contributed by atoms with Gasteiger partial charge in [0.25, 0.3) is 5.91 Å². The average Bonchev–Trinajstić information content (AvgIpc) is 3.26. The number of ether oxygens (including phenoxy) is 1. The van der Waals surface area contributed by atoms with E-state index in [2.05, 4.69) is 17.6 Å². The average molecular weight is 564 g/mol. The van der Waals surface area contributed by atoms with E-state index < -0.39 is 11.9 Å². The molecule has 11 heteroatoms. The quantitative estimate of drug-likeness (QED) is 0.231. The molecule has 0 spiro atoms. The first kappa shape index (κ1) is 27.3. The van der Waals surface area contributed by atoms with E-state index >= 15 is 0 Å². The number of carbonyl (C=O) groups is 3. The zero-order valence-corrected chi connectivity index (χ0v) is 22.9. The smallest absolute Gasteiger partial charge is 0.251 e. The summed E-state index contributed by atoms with van der Waals surface area (Å²) in [5.41, 5.74) is 5.80. The summed E-state index contributed by atoms with van der Waals surface area (Å²) in [5, 5.41) is 13.2. The number of thiophene rings is 1. The molecule has 40 heavy (non-hydrogen) atoms. The molecule has 9 nitrogen and oxygen atoms in total. The SMILES string of the molecule is C[C@@H](NC(=O)[C@@H]1C[C@]2(C)C[C@@H]2N1C(=O)CNC(=O)c1ccc(Oc2ccc(F)cc2)cc1)c1ccc(C(=N)N)s1. The largest absolute Gasteiger partial charge is 0.457 e. The van der Waals surface area contributed by atoms with E-state index in [1.54, 1.807) is 35.2 Å². The van der Waals surface area contributed by atoms with Crippen molar-refractivity contribution in [3.8, 4) is 11.5 Å². The Bertz CT molecular complexity index is 1460. The summed E-state index contributed by atoms with van der Waals surface area (Å²) >= 11 is 1.35. The zero-order valence-electron chi connectivity index (χ0n) is 22.1. The maximum atomic E-state index is 13.2. The third-order valence-corrected chi connectivity index (χ3v) is 8.77. The lowest BCUT2D eigenvalue weighted by Gasteiger charge is -2.28. The van der Waals surface area contributed by atoms with Gasteiger partial charge in [-0.05, 0) is 85.8 Å². The van der Waals surface area contributed by atoms with Crippen LogP contribution in [0.2, 0.25) is 0 Å². The van der Waals surface area contributed by atoms with E-state index in [0.717, 1.165) is 11.3 Å². The van der Waals surface area contributed by atoms with Crippen LogP contribution in [0.25, 0.3) is 0 Å². The molecule has 5 rings (SSSR count). The maximum absolute atomic E-state index is 13.2. The molecular weight excluding hydrogens is 533 g/mol. The van der Waals surface area contributed by atoms with Gasteiger partial charge in [0.2, 0.25) is 11.8 Å². The summed E-state index contributed by atoms with van der Waals surface area (Å²) in [6.07, 6.45) is 1.39. The number of benzene rings is 2. The summed E-state index contributed by atoms with van der Waals surface area (Å²) in [7, 11) is 0. The molecule has 2 aliphatic rings. The number of piperidine rings is 1. The van der Waals surface area contributed by atoms with E-state index in [0.29, 0.717) is 28.4 Å². The van der Waals surface area contributed by atoms with Crippen LogP contribution in [0.5, 0.6) is 11.5 Å². The van der Waals surface area contributed by atoms with Crippen molar-refractivity contribution in [2.75, 3.05) is 6.54 Å². The molecule has 2 fully saturated rings. The number of amides is 3. The Morgan fingerprint density at radius 2 is 1.75 bits per heavy atom. The second-order valence-corrected chi connectivity index (χ2v) is 11.6. The molecule has 1 aromatic heterocycles. The van der Waals surface area contributed by atoms with Gasteiger partial charge in [0.05, 0.1) is 17.5 Å². The van der Waals surface area contributed by atoms with Gasteiger partial charge in [-0.2, -0.15) is 0 Å². The predicted molar refractivity (Wildman–Crippen MR) is 149 cm³/mol. The fraction of sp³-hybridized carbons (Fsp3) is 0.310. The fourth-order valence-electron chi connectivity index (χ4n) is 5.13. The summed E-state index contributed by atoms with van der Waals surface area (Å²) < 4.78 is 18.7. The molecule has 4 atom stereocenters. The second-order valence-electron chi connectivity index (χ2n) is 10.5. The third-order valence-electron chi connectivity index (χ3n) is 7.47. The Morgan fingerprint density at radius 3 is 2.38 bits per heavy atom. The van der Waals surface area contributed by atoms with Crippen LogP contribution >= 0.6 is 11.3 Å². The Labute approximate surface area is 235 Å². The fourth-order valence-corrected chi connectivity index (χ4v) is 6.01. The van der Waals surface area contributed by atoms with Crippen LogP contribution in [0.1, 0.15) is 52.8 Å². The second kappa shape index (κ2) is 10.7. The summed E-state index contributed by atoms with van der Waals surface area (Å²) in [6, 6.07) is 14.6. The third kappa shape index (κ3) is 5.69. The van der Waals surface area contributed by atoms with Gasteiger partial charge in [0, 0.05) is 16.5 Å². The van der Waals surface area contributed by atoms with Gasteiger partial charge >= 0.3 is 0 Å². The van der Waals surface area contributed by atoms with E-state index in [4.69, 9.17) is 15.9 Å². The molecule has 3 aromatic rings. The van der Waals surface area contributed by atoms with Gasteiger partial charge in [-0.25, -0.2) is 4.39 Å². The molecule has 0 bridgehead atoms. The monoisotopic (exact) mass is 563 g/mol. The van der Waals surface area contributed by atoms with Crippen molar-refractivity contribution in [3.63, 3.8) is 0 Å². The van der Waals surface area contributed by atoms with Gasteiger partial charge in [0.15, 0.2) is 0 Å². The molecule has 1 saturated heterocycles. The number of likely N-dealkylation sites (tertiary alicyclic amines) is 1.